The zero-order chi connectivity index (χ0) is 35.8. The number of rotatable bonds is 6. The second-order valence-corrected chi connectivity index (χ2v) is 13.7. The maximum Gasteiger partial charge on any atom is 0.332 e. The largest absolute Gasteiger partial charge is 0.481 e. The molecule has 1 saturated carbocycles. The van der Waals surface area contributed by atoms with Gasteiger partial charge in [0.25, 0.3) is 5.56 Å². The van der Waals surface area contributed by atoms with Crippen molar-refractivity contribution in [2.45, 2.75) is 79.4 Å². The summed E-state index contributed by atoms with van der Waals surface area (Å²) < 4.78 is 4.39. The number of aryl methyl sites for hydroxylation is 2. The number of nitrogens with two attached hydrogens (primary N) is 1. The van der Waals surface area contributed by atoms with Crippen molar-refractivity contribution in [1.82, 2.24) is 28.7 Å². The average molecular weight is 673 g/mol. The van der Waals surface area contributed by atoms with Crippen molar-refractivity contribution in [3.8, 4) is 11.8 Å². The summed E-state index contributed by atoms with van der Waals surface area (Å²) in [6, 6.07) is 7.71. The van der Waals surface area contributed by atoms with Gasteiger partial charge in [0.15, 0.2) is 11.2 Å². The number of piperidine rings is 1. The first-order valence-electron chi connectivity index (χ1n) is 16.4. The van der Waals surface area contributed by atoms with Crippen LogP contribution in [0.15, 0.2) is 33.9 Å². The molecule has 4 heterocycles. The second kappa shape index (κ2) is 13.5. The number of aromatic nitrogens is 6. The molecule has 0 unspecified atom stereocenters. The summed E-state index contributed by atoms with van der Waals surface area (Å²) in [5.74, 6) is 4.62. The standard InChI is InChI=1S/C25H28N8O2.C10H16O4/c1-4-5-13-32-21-22(29-24(32)31-12-8-9-17(26)14-31)30(3)25(35)33(23(21)34)15-20-27-16(2)18-10-6-7-11-19(18)28-20;1-9(2)6(7(11)12)4-5-10(9,3)8(13)14/h6-7,10-11,17H,8-9,12-15,26H2,1-3H3;6H,4-5H2,1-3H3,(H,11,12)(H,13,14)/t17-;6-,10+/m11/s1. The highest BCUT2D eigenvalue weighted by atomic mass is 16.4. The minimum Gasteiger partial charge on any atom is -0.481 e. The Kier molecular flexibility index (Phi) is 9.70. The Bertz CT molecular complexity index is 2120. The molecular formula is C35H44N8O6. The highest BCUT2D eigenvalue weighted by Gasteiger charge is 2.58. The van der Waals surface area contributed by atoms with Crippen molar-refractivity contribution in [3.05, 3.63) is 56.6 Å². The molecule has 1 saturated heterocycles. The molecule has 4 aromatic rings. The van der Waals surface area contributed by atoms with Gasteiger partial charge in [0.1, 0.15) is 5.82 Å². The van der Waals surface area contributed by atoms with Crippen molar-refractivity contribution in [1.29, 1.82) is 0 Å². The van der Waals surface area contributed by atoms with Crippen LogP contribution >= 0.6 is 0 Å². The molecule has 3 aromatic heterocycles. The molecule has 6 rings (SSSR count). The van der Waals surface area contributed by atoms with Gasteiger partial charge < -0.3 is 20.8 Å². The molecule has 4 N–H and O–H groups in total. The van der Waals surface area contributed by atoms with Crippen molar-refractivity contribution in [2.24, 2.45) is 29.5 Å². The van der Waals surface area contributed by atoms with Gasteiger partial charge >= 0.3 is 17.6 Å². The number of fused-ring (bicyclic) bond motifs is 2. The van der Waals surface area contributed by atoms with Crippen LogP contribution in [0.1, 0.15) is 64.9 Å². The van der Waals surface area contributed by atoms with E-state index >= 15 is 0 Å². The van der Waals surface area contributed by atoms with Crippen LogP contribution in [-0.4, -0.2) is 69.9 Å². The molecule has 1 aliphatic carbocycles. The van der Waals surface area contributed by atoms with E-state index in [1.54, 1.807) is 39.3 Å². The van der Waals surface area contributed by atoms with E-state index < -0.39 is 39.9 Å². The zero-order valence-electron chi connectivity index (χ0n) is 28.9. The Morgan fingerprint density at radius 2 is 1.78 bits per heavy atom. The first kappa shape index (κ1) is 35.3. The van der Waals surface area contributed by atoms with Crippen LogP contribution in [0.4, 0.5) is 5.95 Å². The summed E-state index contributed by atoms with van der Waals surface area (Å²) in [5.41, 5.74) is 5.93. The lowest BCUT2D eigenvalue weighted by atomic mass is 9.66. The van der Waals surface area contributed by atoms with Gasteiger partial charge in [-0.25, -0.2) is 14.8 Å². The predicted octanol–water partition coefficient (Wildman–Crippen LogP) is 2.75. The first-order chi connectivity index (χ1) is 23.1. The van der Waals surface area contributed by atoms with Gasteiger partial charge in [-0.15, -0.1) is 5.92 Å². The van der Waals surface area contributed by atoms with Crippen molar-refractivity contribution in [3.63, 3.8) is 0 Å². The Balaban J connectivity index is 0.000000281. The van der Waals surface area contributed by atoms with E-state index in [0.29, 0.717) is 42.3 Å². The van der Waals surface area contributed by atoms with Gasteiger partial charge in [-0.2, -0.15) is 4.98 Å². The van der Waals surface area contributed by atoms with Crippen LogP contribution in [0.25, 0.3) is 22.1 Å². The van der Waals surface area contributed by atoms with Crippen LogP contribution in [0.5, 0.6) is 0 Å². The number of aliphatic carboxylic acids is 2. The summed E-state index contributed by atoms with van der Waals surface area (Å²) >= 11 is 0. The average Bonchev–Trinajstić information content (AvgIpc) is 3.56. The first-order valence-corrected chi connectivity index (χ1v) is 16.4. The number of nitrogens with zero attached hydrogens (tertiary/aromatic N) is 7. The minimum atomic E-state index is -0.921. The number of carboxylic acids is 2. The van der Waals surface area contributed by atoms with Gasteiger partial charge in [0.05, 0.1) is 29.9 Å². The van der Waals surface area contributed by atoms with Crippen LogP contribution in [0.3, 0.4) is 0 Å². The molecule has 1 aromatic carbocycles. The normalized spacial score (nSPS) is 21.6. The number of hydrogen-bond acceptors (Lipinski definition) is 9. The van der Waals surface area contributed by atoms with Crippen LogP contribution in [0, 0.1) is 35.5 Å². The van der Waals surface area contributed by atoms with Gasteiger partial charge in [-0.3, -0.25) is 28.1 Å². The molecule has 0 radical (unpaired) electrons. The SMILES string of the molecule is CC#CCn1c(N2CCC[C@@H](N)C2)nc2c1c(=O)n(Cc1nc(C)c3ccccc3n1)c(=O)n2C.CC1(C)[C@@H](C(=O)O)CC[C@@]1(C)C(=O)O. The quantitative estimate of drug-likeness (QED) is 0.255. The van der Waals surface area contributed by atoms with Gasteiger partial charge in [0, 0.05) is 37.3 Å². The van der Waals surface area contributed by atoms with E-state index in [2.05, 4.69) is 26.7 Å². The molecular weight excluding hydrogens is 628 g/mol. The summed E-state index contributed by atoms with van der Waals surface area (Å²) in [7, 11) is 1.63. The maximum atomic E-state index is 13.7. The molecule has 2 aliphatic rings. The topological polar surface area (TPSA) is 191 Å². The molecule has 2 fully saturated rings. The molecule has 0 amide bonds. The molecule has 49 heavy (non-hydrogen) atoms. The Morgan fingerprint density at radius 3 is 2.39 bits per heavy atom. The third kappa shape index (κ3) is 6.30. The lowest BCUT2D eigenvalue weighted by molar-refractivity contribution is -0.157. The number of anilines is 1. The summed E-state index contributed by atoms with van der Waals surface area (Å²) in [6.07, 6.45) is 2.77. The minimum absolute atomic E-state index is 0.0306. The van der Waals surface area contributed by atoms with Crippen LogP contribution < -0.4 is 21.9 Å². The number of imidazole rings is 1. The van der Waals surface area contributed by atoms with Gasteiger partial charge in [-0.05, 0) is 57.9 Å². The zero-order valence-corrected chi connectivity index (χ0v) is 28.9. The van der Waals surface area contributed by atoms with E-state index in [9.17, 15) is 19.2 Å². The maximum absolute atomic E-state index is 13.7. The highest BCUT2D eigenvalue weighted by molar-refractivity contribution is 5.81. The Labute approximate surface area is 283 Å². The molecule has 0 bridgehead atoms. The van der Waals surface area contributed by atoms with E-state index in [1.165, 1.54) is 9.13 Å². The molecule has 1 aliphatic heterocycles. The van der Waals surface area contributed by atoms with Gasteiger partial charge in [0.2, 0.25) is 5.95 Å². The highest BCUT2D eigenvalue weighted by Crippen LogP contribution is 2.56. The molecule has 3 atom stereocenters. The Morgan fingerprint density at radius 1 is 1.06 bits per heavy atom. The fourth-order valence-electron chi connectivity index (χ4n) is 7.06. The van der Waals surface area contributed by atoms with E-state index in [4.69, 9.17) is 20.9 Å². The van der Waals surface area contributed by atoms with Gasteiger partial charge in [-0.1, -0.05) is 38.0 Å². The Hall–Kier alpha value is -5.03. The number of carboxylic acid groups (broad SMARTS) is 2. The third-order valence-corrected chi connectivity index (χ3v) is 10.5. The smallest absolute Gasteiger partial charge is 0.332 e. The lowest BCUT2D eigenvalue weighted by Gasteiger charge is -2.36. The molecule has 0 spiro atoms. The van der Waals surface area contributed by atoms with Crippen LogP contribution in [0.2, 0.25) is 0 Å². The number of hydrogen-bond donors (Lipinski definition) is 3. The molecule has 14 nitrogen and oxygen atoms in total. The van der Waals surface area contributed by atoms with Crippen molar-refractivity contribution >= 4 is 40.0 Å². The summed E-state index contributed by atoms with van der Waals surface area (Å²) in [4.78, 5) is 65.0. The predicted molar refractivity (Wildman–Crippen MR) is 185 cm³/mol. The number of para-hydroxylation sites is 1. The van der Waals surface area contributed by atoms with Crippen molar-refractivity contribution < 1.29 is 19.8 Å². The number of benzene rings is 1. The molecule has 260 valence electrons. The third-order valence-electron chi connectivity index (χ3n) is 10.5. The van der Waals surface area contributed by atoms with E-state index in [-0.39, 0.29) is 19.1 Å². The fraction of sp³-hybridized carbons (Fsp3) is 0.514. The number of carbonyl (C=O) groups is 2. The van der Waals surface area contributed by atoms with E-state index in [0.717, 1.165) is 36.0 Å². The lowest BCUT2D eigenvalue weighted by Crippen LogP contribution is -2.44. The molecule has 14 heteroatoms. The van der Waals surface area contributed by atoms with E-state index in [1.807, 2.05) is 31.2 Å². The monoisotopic (exact) mass is 672 g/mol. The van der Waals surface area contributed by atoms with Crippen LogP contribution in [-0.2, 0) is 29.7 Å². The summed E-state index contributed by atoms with van der Waals surface area (Å²) in [6.45, 7) is 10.4. The fourth-order valence-corrected chi connectivity index (χ4v) is 7.06. The summed E-state index contributed by atoms with van der Waals surface area (Å²) in [5, 5.41) is 19.0. The second-order valence-electron chi connectivity index (χ2n) is 13.7. The van der Waals surface area contributed by atoms with Crippen molar-refractivity contribution in [2.75, 3.05) is 18.0 Å².